The molecule has 0 spiro atoms. The Labute approximate surface area is 291 Å². The van der Waals surface area contributed by atoms with Crippen molar-refractivity contribution in [2.75, 3.05) is 0 Å². The second-order valence-corrected chi connectivity index (χ2v) is 16.2. The third kappa shape index (κ3) is 5.12. The predicted octanol–water partition coefficient (Wildman–Crippen LogP) is 8.15. The van der Waals surface area contributed by atoms with E-state index in [0.29, 0.717) is 17.5 Å². The van der Waals surface area contributed by atoms with E-state index < -0.39 is 8.07 Å². The first kappa shape index (κ1) is 29.7. The Balaban J connectivity index is 1.31. The fourth-order valence-corrected chi connectivity index (χ4v) is 11.9. The van der Waals surface area contributed by atoms with E-state index in [2.05, 4.69) is 115 Å². The Morgan fingerprint density at radius 2 is 0.760 bits per heavy atom. The van der Waals surface area contributed by atoms with Crippen molar-refractivity contribution in [3.05, 3.63) is 188 Å². The van der Waals surface area contributed by atoms with Crippen LogP contribution in [-0.4, -0.2) is 23.0 Å². The van der Waals surface area contributed by atoms with Gasteiger partial charge in [-0.15, -0.1) is 0 Å². The van der Waals surface area contributed by atoms with Crippen LogP contribution in [0.4, 0.5) is 0 Å². The molecule has 0 amide bonds. The first-order valence-electron chi connectivity index (χ1n) is 16.8. The van der Waals surface area contributed by atoms with Gasteiger partial charge in [-0.25, -0.2) is 15.0 Å². The average molecular weight is 658 g/mol. The predicted molar refractivity (Wildman–Crippen MR) is 207 cm³/mol. The molecule has 9 aromatic rings. The molecule has 236 valence electrons. The highest BCUT2D eigenvalue weighted by Gasteiger charge is 2.42. The lowest BCUT2D eigenvalue weighted by molar-refractivity contribution is 0.669. The number of nitrogens with zero attached hydrogens (tertiary/aromatic N) is 3. The summed E-state index contributed by atoms with van der Waals surface area (Å²) in [6.45, 7) is 0. The quantitative estimate of drug-likeness (QED) is 0.128. The number of rotatable bonds is 7. The van der Waals surface area contributed by atoms with E-state index in [4.69, 9.17) is 19.4 Å². The molecule has 0 aliphatic heterocycles. The van der Waals surface area contributed by atoms with Gasteiger partial charge >= 0.3 is 0 Å². The molecule has 0 saturated heterocycles. The number of benzene rings is 7. The minimum atomic E-state index is -2.92. The van der Waals surface area contributed by atoms with Gasteiger partial charge in [0.2, 0.25) is 0 Å². The lowest BCUT2D eigenvalue weighted by Gasteiger charge is -2.34. The molecule has 0 saturated carbocycles. The van der Waals surface area contributed by atoms with Gasteiger partial charge in [0, 0.05) is 27.5 Å². The number of hydrogen-bond acceptors (Lipinski definition) is 4. The second kappa shape index (κ2) is 12.5. The summed E-state index contributed by atoms with van der Waals surface area (Å²) in [4.78, 5) is 15.1. The molecule has 0 fully saturated rings. The second-order valence-electron chi connectivity index (χ2n) is 12.4. The molecule has 2 aromatic heterocycles. The number of para-hydroxylation sites is 1. The fraction of sp³-hybridized carbons (Fsp3) is 0. The summed E-state index contributed by atoms with van der Waals surface area (Å²) >= 11 is 0. The Hall–Kier alpha value is -6.43. The van der Waals surface area contributed by atoms with Crippen LogP contribution in [0.15, 0.2) is 192 Å². The summed E-state index contributed by atoms with van der Waals surface area (Å²) in [6.07, 6.45) is 0. The van der Waals surface area contributed by atoms with E-state index in [1.807, 2.05) is 72.8 Å². The van der Waals surface area contributed by atoms with Crippen LogP contribution in [0.1, 0.15) is 0 Å². The van der Waals surface area contributed by atoms with Crippen molar-refractivity contribution < 1.29 is 4.42 Å². The number of aromatic nitrogens is 3. The van der Waals surface area contributed by atoms with Crippen LogP contribution >= 0.6 is 0 Å². The van der Waals surface area contributed by atoms with E-state index in [-0.39, 0.29) is 0 Å². The van der Waals surface area contributed by atoms with E-state index >= 15 is 0 Å². The molecule has 0 aliphatic carbocycles. The zero-order valence-electron chi connectivity index (χ0n) is 27.1. The molecule has 7 aromatic carbocycles. The van der Waals surface area contributed by atoms with Crippen molar-refractivity contribution in [3.63, 3.8) is 0 Å². The lowest BCUT2D eigenvalue weighted by Crippen LogP contribution is -2.74. The van der Waals surface area contributed by atoms with Crippen molar-refractivity contribution in [2.45, 2.75) is 0 Å². The van der Waals surface area contributed by atoms with Gasteiger partial charge in [0.15, 0.2) is 25.5 Å². The monoisotopic (exact) mass is 657 g/mol. The molecule has 0 unspecified atom stereocenters. The summed E-state index contributed by atoms with van der Waals surface area (Å²) in [5.74, 6) is 1.92. The number of furan rings is 1. The first-order chi connectivity index (χ1) is 24.8. The molecule has 50 heavy (non-hydrogen) atoms. The van der Waals surface area contributed by atoms with Crippen LogP contribution in [-0.2, 0) is 0 Å². The largest absolute Gasteiger partial charge is 0.456 e. The lowest BCUT2D eigenvalue weighted by atomic mass is 10.1. The van der Waals surface area contributed by atoms with Gasteiger partial charge in [-0.3, -0.25) is 0 Å². The molecule has 4 nitrogen and oxygen atoms in total. The molecule has 0 radical (unpaired) electrons. The Morgan fingerprint density at radius 3 is 1.36 bits per heavy atom. The smallest absolute Gasteiger partial charge is 0.179 e. The van der Waals surface area contributed by atoms with E-state index in [9.17, 15) is 0 Å². The van der Waals surface area contributed by atoms with Crippen molar-refractivity contribution in [3.8, 4) is 34.2 Å². The topological polar surface area (TPSA) is 51.8 Å². The minimum absolute atomic E-state index is 0.635. The van der Waals surface area contributed by atoms with E-state index in [1.54, 1.807) is 0 Å². The zero-order valence-corrected chi connectivity index (χ0v) is 28.1. The zero-order chi connectivity index (χ0) is 33.3. The van der Waals surface area contributed by atoms with Crippen LogP contribution in [0.5, 0.6) is 0 Å². The Bertz CT molecular complexity index is 2490. The molecule has 0 N–H and O–H groups in total. The first-order valence-corrected chi connectivity index (χ1v) is 18.8. The van der Waals surface area contributed by atoms with Gasteiger partial charge < -0.3 is 4.42 Å². The summed E-state index contributed by atoms with van der Waals surface area (Å²) < 4.78 is 6.49. The van der Waals surface area contributed by atoms with Gasteiger partial charge in [0.1, 0.15) is 11.2 Å². The SMILES string of the molecule is c1ccc(-c2nc(-c3ccccc3)nc(-c3cccc([Si](c4ccccc4)(c4ccccc4)c4ccc5c(c4)oc4ccccc45)c3)n2)cc1. The fourth-order valence-electron chi connectivity index (χ4n) is 7.16. The van der Waals surface area contributed by atoms with Gasteiger partial charge in [-0.05, 0) is 32.9 Å². The van der Waals surface area contributed by atoms with Crippen molar-refractivity contribution >= 4 is 50.8 Å². The average Bonchev–Trinajstić information content (AvgIpc) is 3.58. The van der Waals surface area contributed by atoms with Crippen molar-refractivity contribution in [2.24, 2.45) is 0 Å². The van der Waals surface area contributed by atoms with Gasteiger partial charge in [-0.2, -0.15) is 0 Å². The highest BCUT2D eigenvalue weighted by atomic mass is 28.3. The summed E-state index contributed by atoms with van der Waals surface area (Å²) in [5, 5.41) is 7.28. The van der Waals surface area contributed by atoms with Crippen LogP contribution in [0.3, 0.4) is 0 Å². The third-order valence-electron chi connectivity index (χ3n) is 9.48. The van der Waals surface area contributed by atoms with Gasteiger partial charge in [0.05, 0.1) is 0 Å². The number of hydrogen-bond donors (Lipinski definition) is 0. The summed E-state index contributed by atoms with van der Waals surface area (Å²) in [5.41, 5.74) is 4.61. The highest BCUT2D eigenvalue weighted by molar-refractivity contribution is 7.20. The van der Waals surface area contributed by atoms with Crippen molar-refractivity contribution in [1.82, 2.24) is 15.0 Å². The molecular weight excluding hydrogens is 627 g/mol. The maximum Gasteiger partial charge on any atom is 0.179 e. The summed E-state index contributed by atoms with van der Waals surface area (Å²) in [6, 6.07) is 66.0. The van der Waals surface area contributed by atoms with E-state index in [1.165, 1.54) is 20.7 Å². The third-order valence-corrected chi connectivity index (χ3v) is 14.2. The maximum atomic E-state index is 6.49. The molecule has 5 heteroatoms. The molecule has 9 rings (SSSR count). The van der Waals surface area contributed by atoms with Crippen molar-refractivity contribution in [1.29, 1.82) is 0 Å². The van der Waals surface area contributed by atoms with Gasteiger partial charge in [0.25, 0.3) is 0 Å². The highest BCUT2D eigenvalue weighted by Crippen LogP contribution is 2.29. The summed E-state index contributed by atoms with van der Waals surface area (Å²) in [7, 11) is -2.92. The van der Waals surface area contributed by atoms with Crippen LogP contribution in [0.25, 0.3) is 56.1 Å². The van der Waals surface area contributed by atoms with Crippen LogP contribution in [0.2, 0.25) is 0 Å². The Kier molecular flexibility index (Phi) is 7.45. The number of fused-ring (bicyclic) bond motifs is 3. The maximum absolute atomic E-state index is 6.49. The molecular formula is C45H31N3OSi. The van der Waals surface area contributed by atoms with E-state index in [0.717, 1.165) is 38.6 Å². The normalized spacial score (nSPS) is 11.6. The molecule has 0 bridgehead atoms. The molecule has 0 aliphatic rings. The van der Waals surface area contributed by atoms with Crippen LogP contribution in [0, 0.1) is 0 Å². The minimum Gasteiger partial charge on any atom is -0.456 e. The van der Waals surface area contributed by atoms with Crippen LogP contribution < -0.4 is 20.7 Å². The standard InChI is InChI=1S/C45H31N3OSi/c1-5-16-32(17-6-1)43-46-44(33-18-7-2-8-19-33)48-45(47-43)34-20-15-25-37(30-34)50(35-21-9-3-10-22-35,36-23-11-4-12-24-36)38-28-29-40-39-26-13-14-27-41(39)49-42(40)31-38/h1-31H. The molecule has 0 atom stereocenters. The van der Waals surface area contributed by atoms with Gasteiger partial charge in [-0.1, -0.05) is 176 Å². The Morgan fingerprint density at radius 1 is 0.320 bits per heavy atom. The molecule has 2 heterocycles.